The molecule has 1 rings (SSSR count). The van der Waals surface area contributed by atoms with Gasteiger partial charge in [-0.1, -0.05) is 247 Å². The van der Waals surface area contributed by atoms with Crippen molar-refractivity contribution < 1.29 is 0 Å². The predicted octanol–water partition coefficient (Wildman–Crippen LogP) is 16.4. The predicted molar refractivity (Wildman–Crippen MR) is 286 cm³/mol. The van der Waals surface area contributed by atoms with Crippen molar-refractivity contribution in [1.82, 2.24) is 24.5 Å². The van der Waals surface area contributed by atoms with Crippen molar-refractivity contribution in [3.05, 3.63) is 0 Å². The average molecular weight is 889 g/mol. The molecule has 0 aliphatic carbocycles. The fraction of sp³-hybridized carbons (Fsp3) is 1.00. The Morgan fingerprint density at radius 1 is 0.206 bits per heavy atom. The average Bonchev–Trinajstić information content (AvgIpc) is 3.30. The van der Waals surface area contributed by atoms with E-state index in [9.17, 15) is 0 Å². The van der Waals surface area contributed by atoms with Gasteiger partial charge in [-0.2, -0.15) is 0 Å². The maximum Gasteiger partial charge on any atom is 0.0110 e. The summed E-state index contributed by atoms with van der Waals surface area (Å²) in [5, 5.41) is 0. The summed E-state index contributed by atoms with van der Waals surface area (Å²) in [5.41, 5.74) is 0. The zero-order chi connectivity index (χ0) is 45.4. The monoisotopic (exact) mass is 888 g/mol. The highest BCUT2D eigenvalue weighted by Crippen LogP contribution is 2.15. The molecule has 0 aromatic carbocycles. The van der Waals surface area contributed by atoms with Crippen LogP contribution >= 0.6 is 0 Å². The quantitative estimate of drug-likeness (QED) is 0.0564. The van der Waals surface area contributed by atoms with E-state index in [-0.39, 0.29) is 0 Å². The molecule has 0 bridgehead atoms. The maximum absolute atomic E-state index is 2.91. The molecule has 0 unspecified atom stereocenters. The Morgan fingerprint density at radius 3 is 0.619 bits per heavy atom. The Labute approximate surface area is 399 Å². The molecule has 0 radical (unpaired) electrons. The fourth-order valence-electron chi connectivity index (χ4n) is 10.1. The lowest BCUT2D eigenvalue weighted by atomic mass is 10.1. The molecule has 0 saturated carbocycles. The lowest BCUT2D eigenvalue weighted by Crippen LogP contribution is -2.50. The summed E-state index contributed by atoms with van der Waals surface area (Å²) in [6.45, 7) is 31.0. The topological polar surface area (TPSA) is 16.2 Å². The molecule has 0 spiro atoms. The molecule has 1 fully saturated rings. The first-order valence-electron chi connectivity index (χ1n) is 29.8. The number of nitrogens with zero attached hydrogens (tertiary/aromatic N) is 5. The standard InChI is InChI=1S/C58H121N5/c1-6-11-16-21-24-27-30-33-36-41-46-60(47-42-37-34-31-28-25-22-17-12-7-2)49-51-61(48-43-38-35-32-29-26-23-18-13-8-3)52-54-63-57-55-62(56-58-63)53-50-59(44-39-19-14-9-4)45-40-20-15-10-5/h6-58H2,1-5H3. The summed E-state index contributed by atoms with van der Waals surface area (Å²) in [6.07, 6.45) is 54.2. The highest BCUT2D eigenvalue weighted by molar-refractivity contribution is 4.75. The lowest BCUT2D eigenvalue weighted by molar-refractivity contribution is 0.104. The number of hydrogen-bond donors (Lipinski definition) is 0. The highest BCUT2D eigenvalue weighted by atomic mass is 15.3. The van der Waals surface area contributed by atoms with Crippen LogP contribution < -0.4 is 0 Å². The minimum atomic E-state index is 1.27. The largest absolute Gasteiger partial charge is 0.302 e. The van der Waals surface area contributed by atoms with E-state index in [1.54, 1.807) is 0 Å². The Hall–Kier alpha value is -0.200. The van der Waals surface area contributed by atoms with Gasteiger partial charge in [-0.3, -0.25) is 9.80 Å². The van der Waals surface area contributed by atoms with Crippen molar-refractivity contribution in [1.29, 1.82) is 0 Å². The molecule has 0 atom stereocenters. The molecule has 63 heavy (non-hydrogen) atoms. The van der Waals surface area contributed by atoms with Gasteiger partial charge in [-0.25, -0.2) is 0 Å². The Kier molecular flexibility index (Phi) is 48.0. The minimum absolute atomic E-state index is 1.27. The van der Waals surface area contributed by atoms with Crippen LogP contribution in [0.2, 0.25) is 0 Å². The van der Waals surface area contributed by atoms with Crippen LogP contribution in [0.4, 0.5) is 0 Å². The minimum Gasteiger partial charge on any atom is -0.302 e. The third-order valence-corrected chi connectivity index (χ3v) is 14.8. The van der Waals surface area contributed by atoms with Crippen LogP contribution in [-0.2, 0) is 0 Å². The van der Waals surface area contributed by atoms with Crippen molar-refractivity contribution in [3.63, 3.8) is 0 Å². The molecule has 1 aliphatic heterocycles. The molecule has 0 amide bonds. The molecule has 5 nitrogen and oxygen atoms in total. The van der Waals surface area contributed by atoms with Crippen molar-refractivity contribution >= 4 is 0 Å². The Morgan fingerprint density at radius 2 is 0.381 bits per heavy atom. The molecule has 0 aromatic heterocycles. The van der Waals surface area contributed by atoms with E-state index in [1.807, 2.05) is 0 Å². The van der Waals surface area contributed by atoms with Crippen molar-refractivity contribution in [2.75, 3.05) is 98.2 Å². The number of unbranched alkanes of at least 4 members (excludes halogenated alkanes) is 33. The first kappa shape index (κ1) is 60.8. The van der Waals surface area contributed by atoms with Gasteiger partial charge in [-0.15, -0.1) is 0 Å². The SMILES string of the molecule is CCCCCCCCCCCCN(CCCCCCCCCCCC)CCN(CCCCCCCCCCCC)CCN1CCN(CCN(CCCCCC)CCCCCC)CC1. The number of piperazine rings is 1. The lowest BCUT2D eigenvalue weighted by Gasteiger charge is -2.37. The van der Waals surface area contributed by atoms with Gasteiger partial charge in [-0.05, 0) is 64.8 Å². The molecule has 1 heterocycles. The van der Waals surface area contributed by atoms with E-state index in [1.165, 1.54) is 342 Å². The van der Waals surface area contributed by atoms with E-state index in [0.29, 0.717) is 0 Å². The third kappa shape index (κ3) is 41.7. The summed E-state index contributed by atoms with van der Waals surface area (Å²) in [4.78, 5) is 14.3. The second kappa shape index (κ2) is 49.7. The van der Waals surface area contributed by atoms with Crippen LogP contribution in [0.25, 0.3) is 0 Å². The summed E-state index contributed by atoms with van der Waals surface area (Å²) in [7, 11) is 0. The third-order valence-electron chi connectivity index (χ3n) is 14.8. The van der Waals surface area contributed by atoms with Gasteiger partial charge in [0.2, 0.25) is 0 Å². The molecule has 1 saturated heterocycles. The van der Waals surface area contributed by atoms with Gasteiger partial charge in [0, 0.05) is 65.4 Å². The van der Waals surface area contributed by atoms with E-state index in [2.05, 4.69) is 59.1 Å². The van der Waals surface area contributed by atoms with Gasteiger partial charge >= 0.3 is 0 Å². The zero-order valence-electron chi connectivity index (χ0n) is 44.7. The maximum atomic E-state index is 2.91. The van der Waals surface area contributed by atoms with Crippen LogP contribution in [0, 0.1) is 0 Å². The second-order valence-electron chi connectivity index (χ2n) is 20.9. The zero-order valence-corrected chi connectivity index (χ0v) is 44.7. The molecular weight excluding hydrogens is 767 g/mol. The van der Waals surface area contributed by atoms with Crippen LogP contribution in [0.15, 0.2) is 0 Å². The van der Waals surface area contributed by atoms with Crippen LogP contribution in [0.5, 0.6) is 0 Å². The van der Waals surface area contributed by atoms with E-state index in [0.717, 1.165) is 0 Å². The molecule has 0 aromatic rings. The number of hydrogen-bond acceptors (Lipinski definition) is 5. The summed E-state index contributed by atoms with van der Waals surface area (Å²) in [5.74, 6) is 0. The summed E-state index contributed by atoms with van der Waals surface area (Å²) >= 11 is 0. The van der Waals surface area contributed by atoms with Crippen molar-refractivity contribution in [2.45, 2.75) is 279 Å². The van der Waals surface area contributed by atoms with E-state index < -0.39 is 0 Å². The number of rotatable bonds is 52. The fourth-order valence-corrected chi connectivity index (χ4v) is 10.1. The van der Waals surface area contributed by atoms with Crippen LogP contribution in [-0.4, -0.2) is 123 Å². The Bertz CT molecular complexity index is 809. The van der Waals surface area contributed by atoms with E-state index >= 15 is 0 Å². The first-order chi connectivity index (χ1) is 31.2. The smallest absolute Gasteiger partial charge is 0.0110 e. The van der Waals surface area contributed by atoms with Gasteiger partial charge in [0.1, 0.15) is 0 Å². The van der Waals surface area contributed by atoms with Gasteiger partial charge in [0.25, 0.3) is 0 Å². The highest BCUT2D eigenvalue weighted by Gasteiger charge is 2.19. The van der Waals surface area contributed by atoms with Crippen LogP contribution in [0.3, 0.4) is 0 Å². The van der Waals surface area contributed by atoms with Crippen molar-refractivity contribution in [3.8, 4) is 0 Å². The normalized spacial score (nSPS) is 14.1. The van der Waals surface area contributed by atoms with E-state index in [4.69, 9.17) is 0 Å². The molecule has 378 valence electrons. The summed E-state index contributed by atoms with van der Waals surface area (Å²) in [6, 6.07) is 0. The van der Waals surface area contributed by atoms with Gasteiger partial charge < -0.3 is 14.7 Å². The first-order valence-corrected chi connectivity index (χ1v) is 29.8. The molecule has 5 heteroatoms. The second-order valence-corrected chi connectivity index (χ2v) is 20.9. The van der Waals surface area contributed by atoms with Gasteiger partial charge in [0.15, 0.2) is 0 Å². The Balaban J connectivity index is 2.67. The summed E-state index contributed by atoms with van der Waals surface area (Å²) < 4.78 is 0. The van der Waals surface area contributed by atoms with Gasteiger partial charge in [0.05, 0.1) is 0 Å². The molecule has 1 aliphatic rings. The molecule has 0 N–H and O–H groups in total. The van der Waals surface area contributed by atoms with Crippen molar-refractivity contribution in [2.24, 2.45) is 0 Å². The molecular formula is C58H121N5. The van der Waals surface area contributed by atoms with Crippen LogP contribution in [0.1, 0.15) is 279 Å².